The molecule has 0 N–H and O–H groups in total. The molecule has 0 amide bonds. The van der Waals surface area contributed by atoms with Crippen LogP contribution in [-0.4, -0.2) is 51.7 Å². The van der Waals surface area contributed by atoms with E-state index in [9.17, 15) is 13.0 Å². The lowest BCUT2D eigenvalue weighted by atomic mass is 10.0. The van der Waals surface area contributed by atoms with Gasteiger partial charge >= 0.3 is 0 Å². The average Bonchev–Trinajstić information content (AvgIpc) is 2.82. The molecule has 234 valence electrons. The summed E-state index contributed by atoms with van der Waals surface area (Å²) >= 11 is 0. The molecule has 0 rings (SSSR count). The highest BCUT2D eigenvalue weighted by molar-refractivity contribution is 7.80. The highest BCUT2D eigenvalue weighted by Crippen LogP contribution is 2.13. The molecule has 0 aliphatic carbocycles. The lowest BCUT2D eigenvalue weighted by molar-refractivity contribution is -0.870. The SMILES string of the molecule is CCCCCCCCCCCCCCCC[N+](C)(C)C.CCCCCCCCCCCCOS(=O)(=O)[O-].[Br-]. The summed E-state index contributed by atoms with van der Waals surface area (Å²) in [4.78, 5) is 0. The van der Waals surface area contributed by atoms with Gasteiger partial charge in [0.25, 0.3) is 0 Å². The monoisotopic (exact) mass is 628 g/mol. The van der Waals surface area contributed by atoms with E-state index in [-0.39, 0.29) is 23.6 Å². The van der Waals surface area contributed by atoms with Gasteiger partial charge in [0.1, 0.15) is 0 Å². The summed E-state index contributed by atoms with van der Waals surface area (Å²) in [5.74, 6) is 0. The zero-order valence-corrected chi connectivity index (χ0v) is 28.7. The van der Waals surface area contributed by atoms with Crippen LogP contribution < -0.4 is 17.0 Å². The minimum atomic E-state index is -4.48. The molecule has 0 radical (unpaired) electrons. The van der Waals surface area contributed by atoms with Crippen molar-refractivity contribution in [2.75, 3.05) is 34.3 Å². The van der Waals surface area contributed by atoms with E-state index in [4.69, 9.17) is 0 Å². The Kier molecular flexibility index (Phi) is 35.8. The maximum absolute atomic E-state index is 10.1. The highest BCUT2D eigenvalue weighted by atomic mass is 79.9. The van der Waals surface area contributed by atoms with Crippen molar-refractivity contribution in [3.05, 3.63) is 0 Å². The fourth-order valence-electron chi connectivity index (χ4n) is 4.53. The first kappa shape index (κ1) is 42.8. The number of quaternary nitrogens is 1. The van der Waals surface area contributed by atoms with Gasteiger partial charge in [-0.15, -0.1) is 0 Å². The minimum absolute atomic E-state index is 0. The Labute approximate surface area is 250 Å². The quantitative estimate of drug-likeness (QED) is 0.0447. The van der Waals surface area contributed by atoms with Crippen molar-refractivity contribution in [1.29, 1.82) is 0 Å². The largest absolute Gasteiger partial charge is 1.00 e. The van der Waals surface area contributed by atoms with Crippen LogP contribution in [0.5, 0.6) is 0 Å². The molecule has 0 aromatic rings. The number of nitrogens with zero attached hydrogens (tertiary/aromatic N) is 1. The molecule has 0 bridgehead atoms. The summed E-state index contributed by atoms with van der Waals surface area (Å²) in [7, 11) is 2.40. The molecule has 0 saturated carbocycles. The molecule has 0 atom stereocenters. The van der Waals surface area contributed by atoms with E-state index in [1.807, 2.05) is 0 Å². The third-order valence-electron chi connectivity index (χ3n) is 6.91. The third-order valence-corrected chi connectivity index (χ3v) is 7.36. The molecule has 0 aromatic heterocycles. The minimum Gasteiger partial charge on any atom is -1.00 e. The Morgan fingerprint density at radius 3 is 1.03 bits per heavy atom. The Morgan fingerprint density at radius 1 is 0.500 bits per heavy atom. The topological polar surface area (TPSA) is 66.4 Å². The predicted octanol–water partition coefficient (Wildman–Crippen LogP) is 6.56. The van der Waals surface area contributed by atoms with Crippen LogP contribution >= 0.6 is 0 Å². The molecule has 5 nitrogen and oxygen atoms in total. The molecule has 0 aliphatic heterocycles. The van der Waals surface area contributed by atoms with Crippen molar-refractivity contribution < 1.29 is 38.6 Å². The van der Waals surface area contributed by atoms with Gasteiger partial charge in [-0.05, 0) is 19.3 Å². The van der Waals surface area contributed by atoms with E-state index < -0.39 is 10.4 Å². The summed E-state index contributed by atoms with van der Waals surface area (Å²) in [6, 6.07) is 0. The second kappa shape index (κ2) is 31.8. The number of hydrogen-bond acceptors (Lipinski definition) is 4. The summed E-state index contributed by atoms with van der Waals surface area (Å²) in [6.07, 6.45) is 32.1. The molecule has 38 heavy (non-hydrogen) atoms. The van der Waals surface area contributed by atoms with Gasteiger partial charge in [-0.25, -0.2) is 8.42 Å². The number of unbranched alkanes of at least 4 members (excludes halogenated alkanes) is 22. The van der Waals surface area contributed by atoms with Gasteiger partial charge in [0.05, 0.1) is 34.3 Å². The van der Waals surface area contributed by atoms with Crippen LogP contribution in [-0.2, 0) is 14.6 Å². The van der Waals surface area contributed by atoms with Crippen molar-refractivity contribution in [3.63, 3.8) is 0 Å². The molecule has 0 unspecified atom stereocenters. The fraction of sp³-hybridized carbons (Fsp3) is 1.00. The van der Waals surface area contributed by atoms with Gasteiger partial charge < -0.3 is 26.0 Å². The van der Waals surface area contributed by atoms with Crippen LogP contribution in [0, 0.1) is 0 Å². The number of halogens is 1. The van der Waals surface area contributed by atoms with Gasteiger partial charge in [0.2, 0.25) is 10.4 Å². The molecule has 0 fully saturated rings. The molecule has 0 aromatic carbocycles. The van der Waals surface area contributed by atoms with Crippen LogP contribution in [0.1, 0.15) is 168 Å². The molecule has 0 aliphatic rings. The number of rotatable bonds is 27. The fourth-order valence-corrected chi connectivity index (χ4v) is 4.85. The van der Waals surface area contributed by atoms with E-state index in [1.165, 1.54) is 141 Å². The van der Waals surface area contributed by atoms with E-state index in [0.29, 0.717) is 6.42 Å². The lowest BCUT2D eigenvalue weighted by Crippen LogP contribution is -3.00. The summed E-state index contributed by atoms with van der Waals surface area (Å²) < 4.78 is 35.6. The second-order valence-electron chi connectivity index (χ2n) is 12.0. The number of hydrogen-bond donors (Lipinski definition) is 0. The van der Waals surface area contributed by atoms with E-state index in [0.717, 1.165) is 17.3 Å². The van der Waals surface area contributed by atoms with Crippen molar-refractivity contribution in [2.24, 2.45) is 0 Å². The Morgan fingerprint density at radius 2 is 0.763 bits per heavy atom. The summed E-state index contributed by atoms with van der Waals surface area (Å²) in [5.41, 5.74) is 0. The Balaban J connectivity index is -0.000000636. The molecule has 7 heteroatoms. The van der Waals surface area contributed by atoms with Gasteiger partial charge in [-0.1, -0.05) is 149 Å². The Hall–Kier alpha value is 0.310. The third kappa shape index (κ3) is 46.2. The van der Waals surface area contributed by atoms with Gasteiger partial charge in [0, 0.05) is 0 Å². The molecule has 0 saturated heterocycles. The molecule has 0 heterocycles. The van der Waals surface area contributed by atoms with Crippen LogP contribution in [0.25, 0.3) is 0 Å². The molecule has 0 spiro atoms. The smallest absolute Gasteiger partial charge is 0.217 e. The van der Waals surface area contributed by atoms with Crippen LogP contribution in [0.3, 0.4) is 0 Å². The van der Waals surface area contributed by atoms with Crippen molar-refractivity contribution in [2.45, 2.75) is 168 Å². The van der Waals surface area contributed by atoms with E-state index in [1.54, 1.807) is 0 Å². The van der Waals surface area contributed by atoms with Crippen LogP contribution in [0.2, 0.25) is 0 Å². The average molecular weight is 630 g/mol. The van der Waals surface area contributed by atoms with Gasteiger partial charge in [-0.2, -0.15) is 0 Å². The summed E-state index contributed by atoms with van der Waals surface area (Å²) in [5, 5.41) is 0. The van der Waals surface area contributed by atoms with Crippen molar-refractivity contribution in [3.8, 4) is 0 Å². The van der Waals surface area contributed by atoms with Crippen LogP contribution in [0.15, 0.2) is 0 Å². The lowest BCUT2D eigenvalue weighted by Gasteiger charge is -2.23. The van der Waals surface area contributed by atoms with E-state index >= 15 is 0 Å². The first-order valence-corrected chi connectivity index (χ1v) is 17.4. The van der Waals surface area contributed by atoms with Crippen LogP contribution in [0.4, 0.5) is 0 Å². The normalized spacial score (nSPS) is 11.6. The van der Waals surface area contributed by atoms with Crippen molar-refractivity contribution in [1.82, 2.24) is 0 Å². The maximum Gasteiger partial charge on any atom is 0.217 e. The first-order chi connectivity index (χ1) is 17.6. The first-order valence-electron chi connectivity index (χ1n) is 16.0. The standard InChI is InChI=1S/C19H42N.C12H26O4S.BrH/c1-5-6-7-8-9-10-11-12-13-14-15-16-17-18-19-20(2,3)4;1-2-3-4-5-6-7-8-9-10-11-12-16-17(13,14)15;/h5-19H2,1-4H3;2-12H2,1H3,(H,13,14,15);1H/q+1;;/p-2. The molecular formula is C31H67BrNO4S-. The summed E-state index contributed by atoms with van der Waals surface area (Å²) in [6.45, 7) is 5.87. The van der Waals surface area contributed by atoms with E-state index in [2.05, 4.69) is 39.2 Å². The maximum atomic E-state index is 10.1. The van der Waals surface area contributed by atoms with Gasteiger partial charge in [-0.3, -0.25) is 4.18 Å². The predicted molar refractivity (Wildman–Crippen MR) is 161 cm³/mol. The molecular weight excluding hydrogens is 562 g/mol. The Bertz CT molecular complexity index is 538. The second-order valence-corrected chi connectivity index (χ2v) is 13.1. The highest BCUT2D eigenvalue weighted by Gasteiger charge is 2.05. The van der Waals surface area contributed by atoms with Crippen molar-refractivity contribution >= 4 is 10.4 Å². The zero-order valence-electron chi connectivity index (χ0n) is 26.3. The zero-order chi connectivity index (χ0) is 28.1. The van der Waals surface area contributed by atoms with Gasteiger partial charge in [0.15, 0.2) is 0 Å².